The number of rotatable bonds is 7. The third kappa shape index (κ3) is 4.47. The van der Waals surface area contributed by atoms with Crippen LogP contribution in [0.4, 0.5) is 0 Å². The van der Waals surface area contributed by atoms with Crippen LogP contribution < -0.4 is 0 Å². The van der Waals surface area contributed by atoms with Gasteiger partial charge in [-0.05, 0) is 64.7 Å². The van der Waals surface area contributed by atoms with Gasteiger partial charge in [0.15, 0.2) is 0 Å². The molecular formula is C33H30. The monoisotopic (exact) mass is 426 g/mol. The molecule has 3 aromatic rings. The second-order valence-corrected chi connectivity index (χ2v) is 9.08. The first-order valence-corrected chi connectivity index (χ1v) is 11.8. The molecule has 0 heteroatoms. The Bertz CT molecular complexity index is 1270. The molecule has 0 fully saturated rings. The van der Waals surface area contributed by atoms with Crippen LogP contribution in [0.2, 0.25) is 0 Å². The van der Waals surface area contributed by atoms with E-state index in [9.17, 15) is 0 Å². The molecule has 0 aromatic heterocycles. The predicted molar refractivity (Wildman–Crippen MR) is 142 cm³/mol. The summed E-state index contributed by atoms with van der Waals surface area (Å²) in [6.45, 7) is 8.72. The van der Waals surface area contributed by atoms with Gasteiger partial charge in [0.05, 0.1) is 0 Å². The van der Waals surface area contributed by atoms with Gasteiger partial charge in [-0.2, -0.15) is 0 Å². The van der Waals surface area contributed by atoms with Crippen LogP contribution >= 0.6 is 0 Å². The summed E-state index contributed by atoms with van der Waals surface area (Å²) in [6, 6.07) is 30.3. The first-order chi connectivity index (χ1) is 16.2. The summed E-state index contributed by atoms with van der Waals surface area (Å²) in [6.07, 6.45) is 10.9. The molecule has 0 radical (unpaired) electrons. The normalized spacial score (nSPS) is 18.2. The lowest BCUT2D eigenvalue weighted by Crippen LogP contribution is -2.03. The van der Waals surface area contributed by atoms with Gasteiger partial charge in [-0.1, -0.05) is 127 Å². The van der Waals surface area contributed by atoms with Crippen LogP contribution in [-0.2, 0) is 6.42 Å². The summed E-state index contributed by atoms with van der Waals surface area (Å²) in [7, 11) is 0. The van der Waals surface area contributed by atoms with Gasteiger partial charge in [0.25, 0.3) is 0 Å². The molecule has 0 nitrogen and oxygen atoms in total. The smallest absolute Gasteiger partial charge is 0.0308 e. The number of fused-ring (bicyclic) bond motifs is 1. The van der Waals surface area contributed by atoms with Crippen LogP contribution in [0.1, 0.15) is 47.4 Å². The SMILES string of the molecule is C=C(CC=C1C(=C)Cc2ccccc21)CCC1=CC=C(c2ccccc2)C1c1ccccc1. The molecule has 0 aliphatic heterocycles. The lowest BCUT2D eigenvalue weighted by molar-refractivity contribution is 0.845. The maximum absolute atomic E-state index is 4.41. The molecule has 0 heterocycles. The number of hydrogen-bond donors (Lipinski definition) is 0. The second kappa shape index (κ2) is 9.46. The van der Waals surface area contributed by atoms with Gasteiger partial charge < -0.3 is 0 Å². The Morgan fingerprint density at radius 3 is 2.33 bits per heavy atom. The first-order valence-electron chi connectivity index (χ1n) is 11.8. The van der Waals surface area contributed by atoms with Gasteiger partial charge >= 0.3 is 0 Å². The van der Waals surface area contributed by atoms with Gasteiger partial charge in [0, 0.05) is 5.92 Å². The van der Waals surface area contributed by atoms with E-state index < -0.39 is 0 Å². The van der Waals surface area contributed by atoms with Crippen molar-refractivity contribution in [1.29, 1.82) is 0 Å². The average molecular weight is 427 g/mol. The molecule has 1 unspecified atom stereocenters. The lowest BCUT2D eigenvalue weighted by atomic mass is 9.83. The van der Waals surface area contributed by atoms with Crippen molar-refractivity contribution in [3.05, 3.63) is 155 Å². The van der Waals surface area contributed by atoms with Crippen LogP contribution in [0.25, 0.3) is 11.1 Å². The average Bonchev–Trinajstić information content (AvgIpc) is 3.43. The van der Waals surface area contributed by atoms with Crippen LogP contribution in [0.5, 0.6) is 0 Å². The fourth-order valence-corrected chi connectivity index (χ4v) is 5.13. The molecule has 0 amide bonds. The minimum atomic E-state index is 0.321. The minimum absolute atomic E-state index is 0.321. The summed E-state index contributed by atoms with van der Waals surface area (Å²) in [5, 5.41) is 0. The van der Waals surface area contributed by atoms with E-state index in [0.29, 0.717) is 5.92 Å². The van der Waals surface area contributed by atoms with Crippen molar-refractivity contribution in [2.45, 2.75) is 31.6 Å². The number of benzene rings is 3. The van der Waals surface area contributed by atoms with E-state index >= 15 is 0 Å². The maximum Gasteiger partial charge on any atom is 0.0308 e. The Balaban J connectivity index is 1.28. The van der Waals surface area contributed by atoms with E-state index in [-0.39, 0.29) is 0 Å². The second-order valence-electron chi connectivity index (χ2n) is 9.08. The lowest BCUT2D eigenvalue weighted by Gasteiger charge is -2.21. The highest BCUT2D eigenvalue weighted by molar-refractivity contribution is 5.85. The largest absolute Gasteiger partial charge is 0.0995 e. The van der Waals surface area contributed by atoms with E-state index in [1.54, 1.807) is 0 Å². The van der Waals surface area contributed by atoms with Crippen LogP contribution in [0, 0.1) is 0 Å². The third-order valence-corrected chi connectivity index (χ3v) is 6.85. The Hall–Kier alpha value is -3.64. The molecular weight excluding hydrogens is 396 g/mol. The van der Waals surface area contributed by atoms with Crippen LogP contribution in [0.15, 0.2) is 133 Å². The van der Waals surface area contributed by atoms with E-state index in [2.05, 4.69) is 116 Å². The maximum atomic E-state index is 4.41. The summed E-state index contributed by atoms with van der Waals surface area (Å²) in [5.41, 5.74) is 12.1. The minimum Gasteiger partial charge on any atom is -0.0995 e. The molecule has 3 aromatic carbocycles. The van der Waals surface area contributed by atoms with E-state index in [4.69, 9.17) is 0 Å². The van der Waals surface area contributed by atoms with Gasteiger partial charge in [0.1, 0.15) is 0 Å². The summed E-state index contributed by atoms with van der Waals surface area (Å²) in [5.74, 6) is 0.321. The predicted octanol–water partition coefficient (Wildman–Crippen LogP) is 8.72. The zero-order valence-corrected chi connectivity index (χ0v) is 19.1. The molecule has 0 spiro atoms. The van der Waals surface area contributed by atoms with Gasteiger partial charge in [-0.15, -0.1) is 0 Å². The first kappa shape index (κ1) is 21.2. The van der Waals surface area contributed by atoms with Crippen molar-refractivity contribution < 1.29 is 0 Å². The van der Waals surface area contributed by atoms with E-state index in [1.165, 1.54) is 50.1 Å². The molecule has 0 saturated carbocycles. The molecule has 5 rings (SSSR count). The van der Waals surface area contributed by atoms with Crippen LogP contribution in [0.3, 0.4) is 0 Å². The number of hydrogen-bond acceptors (Lipinski definition) is 0. The van der Waals surface area contributed by atoms with Crippen molar-refractivity contribution in [3.63, 3.8) is 0 Å². The highest BCUT2D eigenvalue weighted by atomic mass is 14.3. The Kier molecular flexibility index (Phi) is 6.09. The molecule has 162 valence electrons. The summed E-state index contributed by atoms with van der Waals surface area (Å²) >= 11 is 0. The third-order valence-electron chi connectivity index (χ3n) is 6.85. The fourth-order valence-electron chi connectivity index (χ4n) is 5.13. The Morgan fingerprint density at radius 1 is 0.848 bits per heavy atom. The van der Waals surface area contributed by atoms with Crippen molar-refractivity contribution in [2.24, 2.45) is 0 Å². The van der Waals surface area contributed by atoms with Crippen LogP contribution in [-0.4, -0.2) is 0 Å². The Labute approximate surface area is 198 Å². The van der Waals surface area contributed by atoms with Crippen molar-refractivity contribution in [1.82, 2.24) is 0 Å². The van der Waals surface area contributed by atoms with Crippen molar-refractivity contribution >= 4 is 11.1 Å². The highest BCUT2D eigenvalue weighted by Crippen LogP contribution is 2.44. The molecule has 0 bridgehead atoms. The topological polar surface area (TPSA) is 0 Å². The highest BCUT2D eigenvalue weighted by Gasteiger charge is 2.25. The Morgan fingerprint density at radius 2 is 1.55 bits per heavy atom. The zero-order chi connectivity index (χ0) is 22.6. The van der Waals surface area contributed by atoms with Crippen molar-refractivity contribution in [3.8, 4) is 0 Å². The summed E-state index contributed by atoms with van der Waals surface area (Å²) in [4.78, 5) is 0. The van der Waals surface area contributed by atoms with Gasteiger partial charge in [0.2, 0.25) is 0 Å². The quantitative estimate of drug-likeness (QED) is 0.331. The fraction of sp³-hybridized carbons (Fsp3) is 0.152. The van der Waals surface area contributed by atoms with Gasteiger partial charge in [-0.25, -0.2) is 0 Å². The standard InChI is InChI=1S/C33H30/c1-24(18-21-30-25(2)23-29-15-9-10-16-31(29)30)17-19-28-20-22-32(26-11-5-3-6-12-26)33(28)27-13-7-4-8-14-27/h3-16,20-22,33H,1-2,17-19,23H2. The van der Waals surface area contributed by atoms with E-state index in [0.717, 1.165) is 25.7 Å². The number of allylic oxidation sites excluding steroid dienone is 8. The molecule has 2 aliphatic carbocycles. The van der Waals surface area contributed by atoms with Gasteiger partial charge in [-0.3, -0.25) is 0 Å². The van der Waals surface area contributed by atoms with E-state index in [1.807, 2.05) is 0 Å². The molecule has 0 saturated heterocycles. The summed E-state index contributed by atoms with van der Waals surface area (Å²) < 4.78 is 0. The molecule has 1 atom stereocenters. The molecule has 33 heavy (non-hydrogen) atoms. The van der Waals surface area contributed by atoms with Crippen molar-refractivity contribution in [2.75, 3.05) is 0 Å². The molecule has 0 N–H and O–H groups in total. The zero-order valence-electron chi connectivity index (χ0n) is 19.1. The molecule has 2 aliphatic rings.